The molecule has 2 atom stereocenters. The predicted molar refractivity (Wildman–Crippen MR) is 134 cm³/mol. The molecule has 0 bridgehead atoms. The summed E-state index contributed by atoms with van der Waals surface area (Å²) < 4.78 is 23.9. The lowest BCUT2D eigenvalue weighted by atomic mass is 9.97. The molecule has 0 fully saturated rings. The Bertz CT molecular complexity index is 1320. The van der Waals surface area contributed by atoms with E-state index in [4.69, 9.17) is 18.6 Å². The second-order valence-electron chi connectivity index (χ2n) is 7.44. The van der Waals surface area contributed by atoms with E-state index in [9.17, 15) is 14.4 Å². The van der Waals surface area contributed by atoms with Crippen LogP contribution in [-0.4, -0.2) is 35.6 Å². The molecule has 0 saturated carbocycles. The van der Waals surface area contributed by atoms with Crippen molar-refractivity contribution in [1.29, 1.82) is 0 Å². The van der Waals surface area contributed by atoms with E-state index in [-0.39, 0.29) is 35.4 Å². The van der Waals surface area contributed by atoms with E-state index in [1.54, 1.807) is 30.9 Å². The molecule has 4 rings (SSSR count). The van der Waals surface area contributed by atoms with Crippen molar-refractivity contribution in [2.24, 2.45) is 0 Å². The monoisotopic (exact) mass is 613 g/mol. The molecule has 34 heavy (non-hydrogen) atoms. The SMILES string of the molecule is CCOC(=O)C1=C(C(=O)OCC)N2C(C)=C(C)SC2OC1c1coc2c(Br)cc(Br)cc2c1=O. The van der Waals surface area contributed by atoms with E-state index in [1.165, 1.54) is 18.0 Å². The van der Waals surface area contributed by atoms with Gasteiger partial charge >= 0.3 is 11.9 Å². The summed E-state index contributed by atoms with van der Waals surface area (Å²) in [6.07, 6.45) is 0.0580. The number of carbonyl (C=O) groups is 2. The van der Waals surface area contributed by atoms with Crippen molar-refractivity contribution >= 4 is 66.5 Å². The van der Waals surface area contributed by atoms with Crippen molar-refractivity contribution in [1.82, 2.24) is 4.90 Å². The van der Waals surface area contributed by atoms with Crippen molar-refractivity contribution in [3.63, 3.8) is 0 Å². The normalized spacial score (nSPS) is 20.1. The molecule has 0 radical (unpaired) electrons. The number of thioether (sulfide) groups is 1. The van der Waals surface area contributed by atoms with Gasteiger partial charge in [-0.05, 0) is 55.8 Å². The molecule has 3 heterocycles. The van der Waals surface area contributed by atoms with Gasteiger partial charge in [0.05, 0.1) is 28.6 Å². The average molecular weight is 615 g/mol. The zero-order valence-corrected chi connectivity index (χ0v) is 22.8. The lowest BCUT2D eigenvalue weighted by Crippen LogP contribution is -2.43. The predicted octanol–water partition coefficient (Wildman–Crippen LogP) is 5.35. The number of hydrogen-bond acceptors (Lipinski definition) is 9. The number of ether oxygens (including phenoxy) is 3. The van der Waals surface area contributed by atoms with Crippen molar-refractivity contribution in [3.8, 4) is 0 Å². The molecule has 2 aliphatic heterocycles. The fourth-order valence-electron chi connectivity index (χ4n) is 3.83. The third kappa shape index (κ3) is 4.23. The first-order valence-electron chi connectivity index (χ1n) is 10.5. The van der Waals surface area contributed by atoms with Crippen LogP contribution < -0.4 is 5.43 Å². The van der Waals surface area contributed by atoms with Crippen LogP contribution in [0.4, 0.5) is 0 Å². The maximum absolute atomic E-state index is 13.6. The zero-order valence-electron chi connectivity index (χ0n) is 18.8. The van der Waals surface area contributed by atoms with Gasteiger partial charge in [-0.3, -0.25) is 4.79 Å². The Morgan fingerprint density at radius 1 is 1.12 bits per heavy atom. The van der Waals surface area contributed by atoms with Crippen LogP contribution in [0.25, 0.3) is 11.0 Å². The molecule has 1 aromatic carbocycles. The smallest absolute Gasteiger partial charge is 0.355 e. The third-order valence-corrected chi connectivity index (χ3v) is 7.65. The van der Waals surface area contributed by atoms with Crippen LogP contribution in [0.5, 0.6) is 0 Å². The van der Waals surface area contributed by atoms with Gasteiger partial charge in [0.2, 0.25) is 0 Å². The number of esters is 2. The number of nitrogens with zero attached hydrogens (tertiary/aromatic N) is 1. The highest BCUT2D eigenvalue weighted by molar-refractivity contribution is 9.11. The molecule has 0 spiro atoms. The van der Waals surface area contributed by atoms with Crippen molar-refractivity contribution < 1.29 is 28.2 Å². The van der Waals surface area contributed by atoms with Gasteiger partial charge < -0.3 is 23.5 Å². The molecule has 2 unspecified atom stereocenters. The Labute approximate surface area is 216 Å². The van der Waals surface area contributed by atoms with Crippen LogP contribution in [0.1, 0.15) is 39.4 Å². The van der Waals surface area contributed by atoms with Gasteiger partial charge in [-0.1, -0.05) is 27.7 Å². The molecule has 0 amide bonds. The largest absolute Gasteiger partial charge is 0.462 e. The van der Waals surface area contributed by atoms with Crippen LogP contribution in [0, 0.1) is 0 Å². The fraction of sp³-hybridized carbons (Fsp3) is 0.348. The molecule has 180 valence electrons. The maximum atomic E-state index is 13.6. The van der Waals surface area contributed by atoms with Crippen LogP contribution in [0.2, 0.25) is 0 Å². The molecule has 0 saturated heterocycles. The van der Waals surface area contributed by atoms with Gasteiger partial charge in [0, 0.05) is 15.1 Å². The molecular weight excluding hydrogens is 594 g/mol. The highest BCUT2D eigenvalue weighted by atomic mass is 79.9. The molecule has 1 aromatic heterocycles. The number of fused-ring (bicyclic) bond motifs is 2. The summed E-state index contributed by atoms with van der Waals surface area (Å²) in [5.74, 6) is -1.47. The van der Waals surface area contributed by atoms with Gasteiger partial charge in [-0.25, -0.2) is 9.59 Å². The van der Waals surface area contributed by atoms with Crippen LogP contribution in [0.3, 0.4) is 0 Å². The minimum atomic E-state index is -1.20. The Hall–Kier alpha value is -2.08. The van der Waals surface area contributed by atoms with Crippen molar-refractivity contribution in [2.75, 3.05) is 13.2 Å². The Morgan fingerprint density at radius 3 is 2.47 bits per heavy atom. The van der Waals surface area contributed by atoms with Gasteiger partial charge in [0.15, 0.2) is 16.6 Å². The summed E-state index contributed by atoms with van der Waals surface area (Å²) >= 11 is 8.17. The molecule has 11 heteroatoms. The topological polar surface area (TPSA) is 95.3 Å². The standard InChI is InChI=1S/C23H21Br2NO7S/c1-5-30-21(28)16-17(22(29)31-6-2)26-10(3)11(4)34-23(26)33-20(16)14-9-32-19-13(18(14)27)7-12(24)8-15(19)25/h7-9,20,23H,5-6H2,1-4H3. The zero-order chi connectivity index (χ0) is 24.7. The lowest BCUT2D eigenvalue weighted by molar-refractivity contribution is -0.149. The first-order valence-corrected chi connectivity index (χ1v) is 12.9. The summed E-state index contributed by atoms with van der Waals surface area (Å²) in [4.78, 5) is 42.5. The van der Waals surface area contributed by atoms with Crippen molar-refractivity contribution in [3.05, 3.63) is 65.0 Å². The molecule has 2 aromatic rings. The van der Waals surface area contributed by atoms with Crippen LogP contribution in [0.15, 0.2) is 58.4 Å². The van der Waals surface area contributed by atoms with E-state index in [2.05, 4.69) is 31.9 Å². The number of allylic oxidation sites excluding steroid dienone is 2. The molecule has 8 nitrogen and oxygen atoms in total. The lowest BCUT2D eigenvalue weighted by Gasteiger charge is -2.38. The molecule has 0 N–H and O–H groups in total. The molecule has 2 aliphatic rings. The molecular formula is C23H21Br2NO7S. The first-order chi connectivity index (χ1) is 16.2. The number of benzene rings is 1. The van der Waals surface area contributed by atoms with E-state index in [1.807, 2.05) is 13.8 Å². The summed E-state index contributed by atoms with van der Waals surface area (Å²) in [7, 11) is 0. The van der Waals surface area contributed by atoms with E-state index < -0.39 is 29.0 Å². The Morgan fingerprint density at radius 2 is 1.79 bits per heavy atom. The quantitative estimate of drug-likeness (QED) is 0.413. The second-order valence-corrected chi connectivity index (χ2v) is 10.5. The summed E-state index contributed by atoms with van der Waals surface area (Å²) in [5, 5.41) is 0.287. The second kappa shape index (κ2) is 9.88. The summed E-state index contributed by atoms with van der Waals surface area (Å²) in [5.41, 5.74) is 0.0000411. The Balaban J connectivity index is 1.99. The van der Waals surface area contributed by atoms with Gasteiger partial charge in [0.1, 0.15) is 23.6 Å². The van der Waals surface area contributed by atoms with E-state index in [0.717, 1.165) is 10.6 Å². The summed E-state index contributed by atoms with van der Waals surface area (Å²) in [6, 6.07) is 3.39. The third-order valence-electron chi connectivity index (χ3n) is 5.44. The van der Waals surface area contributed by atoms with E-state index >= 15 is 0 Å². The minimum absolute atomic E-state index is 0.00156. The van der Waals surface area contributed by atoms with E-state index in [0.29, 0.717) is 14.5 Å². The maximum Gasteiger partial charge on any atom is 0.355 e. The highest BCUT2D eigenvalue weighted by Crippen LogP contribution is 2.49. The van der Waals surface area contributed by atoms with Gasteiger partial charge in [-0.2, -0.15) is 0 Å². The number of hydrogen-bond donors (Lipinski definition) is 0. The molecule has 0 aliphatic carbocycles. The number of carbonyl (C=O) groups excluding carboxylic acids is 2. The van der Waals surface area contributed by atoms with Crippen LogP contribution in [-0.2, 0) is 23.8 Å². The van der Waals surface area contributed by atoms with Crippen molar-refractivity contribution in [2.45, 2.75) is 39.4 Å². The highest BCUT2D eigenvalue weighted by Gasteiger charge is 2.48. The first kappa shape index (κ1) is 25.0. The average Bonchev–Trinajstić information content (AvgIpc) is 3.06. The summed E-state index contributed by atoms with van der Waals surface area (Å²) in [6.45, 7) is 7.24. The van der Waals surface area contributed by atoms with Crippen LogP contribution >= 0.6 is 43.6 Å². The van der Waals surface area contributed by atoms with Gasteiger partial charge in [-0.15, -0.1) is 0 Å². The number of halogens is 2. The number of rotatable bonds is 5. The fourth-order valence-corrected chi connectivity index (χ4v) is 6.25. The van der Waals surface area contributed by atoms with Gasteiger partial charge in [0.25, 0.3) is 0 Å². The minimum Gasteiger partial charge on any atom is -0.462 e. The Kier molecular flexibility index (Phi) is 7.28.